The summed E-state index contributed by atoms with van der Waals surface area (Å²) in [6.45, 7) is 4.46. The number of phenols is 1. The first-order valence-corrected chi connectivity index (χ1v) is 12.6. The monoisotopic (exact) mass is 477 g/mol. The zero-order chi connectivity index (χ0) is 24.4. The quantitative estimate of drug-likeness (QED) is 0.569. The van der Waals surface area contributed by atoms with E-state index in [2.05, 4.69) is 44.0 Å². The molecule has 3 saturated carbocycles. The molecule has 4 atom stereocenters. The number of phenolic OH excluding ortho intramolecular Hbond substituents is 1. The zero-order valence-corrected chi connectivity index (χ0v) is 20.5. The van der Waals surface area contributed by atoms with Crippen LogP contribution in [-0.2, 0) is 7.05 Å². The summed E-state index contributed by atoms with van der Waals surface area (Å²) in [6.07, 6.45) is 9.52. The van der Waals surface area contributed by atoms with Crippen LogP contribution in [0.4, 0.5) is 10.2 Å². The van der Waals surface area contributed by atoms with Crippen molar-refractivity contribution in [2.45, 2.75) is 77.0 Å². The molecule has 2 aromatic heterocycles. The molecule has 1 aromatic carbocycles. The number of halogens is 1. The van der Waals surface area contributed by atoms with Crippen molar-refractivity contribution in [1.82, 2.24) is 29.9 Å². The Hall–Kier alpha value is -3.10. The third-order valence-corrected chi connectivity index (χ3v) is 8.27. The predicted octanol–water partition coefficient (Wildman–Crippen LogP) is 4.71. The Labute approximate surface area is 204 Å². The van der Waals surface area contributed by atoms with E-state index in [1.54, 1.807) is 36.4 Å². The molecule has 0 radical (unpaired) electrons. The molecule has 0 unspecified atom stereocenters. The van der Waals surface area contributed by atoms with Crippen molar-refractivity contribution in [1.29, 1.82) is 0 Å². The molecule has 6 rings (SSSR count). The Balaban J connectivity index is 1.28. The highest BCUT2D eigenvalue weighted by molar-refractivity contribution is 5.70. The molecule has 35 heavy (non-hydrogen) atoms. The molecule has 1 N–H and O–H groups in total. The van der Waals surface area contributed by atoms with Gasteiger partial charge in [-0.25, -0.2) is 14.4 Å². The van der Waals surface area contributed by atoms with Gasteiger partial charge in [0.15, 0.2) is 17.5 Å². The average Bonchev–Trinajstić information content (AvgIpc) is 3.56. The number of aromatic hydroxyl groups is 1. The first kappa shape index (κ1) is 22.4. The van der Waals surface area contributed by atoms with Gasteiger partial charge >= 0.3 is 0 Å². The second-order valence-corrected chi connectivity index (χ2v) is 11.4. The lowest BCUT2D eigenvalue weighted by molar-refractivity contribution is -0.0554. The first-order valence-electron chi connectivity index (χ1n) is 12.6. The van der Waals surface area contributed by atoms with E-state index >= 15 is 4.39 Å². The number of hydrogen-bond donors (Lipinski definition) is 1. The Bertz CT molecular complexity index is 1240. The van der Waals surface area contributed by atoms with Gasteiger partial charge in [0.25, 0.3) is 0 Å². The molecule has 2 bridgehead atoms. The molecule has 2 heterocycles. The number of alkyl halides is 1. The number of aromatic nitrogens is 6. The number of benzene rings is 1. The highest BCUT2D eigenvalue weighted by Gasteiger charge is 2.56. The highest BCUT2D eigenvalue weighted by Crippen LogP contribution is 2.58. The van der Waals surface area contributed by atoms with Gasteiger partial charge in [-0.15, -0.1) is 10.2 Å². The molecule has 0 aliphatic heterocycles. The van der Waals surface area contributed by atoms with Crippen LogP contribution < -0.4 is 4.90 Å². The molecule has 3 aliphatic carbocycles. The minimum Gasteiger partial charge on any atom is -0.507 e. The number of nitrogens with zero attached hydrogens (tertiary/aromatic N) is 7. The van der Waals surface area contributed by atoms with E-state index in [0.717, 1.165) is 44.9 Å². The molecular formula is C26H32FN7O. The van der Waals surface area contributed by atoms with Crippen LogP contribution in [0.1, 0.15) is 58.8 Å². The number of fused-ring (bicyclic) bond motifs is 2. The van der Waals surface area contributed by atoms with Gasteiger partial charge in [0.2, 0.25) is 0 Å². The van der Waals surface area contributed by atoms with Crippen molar-refractivity contribution in [3.63, 3.8) is 0 Å². The maximum absolute atomic E-state index is 16.0. The largest absolute Gasteiger partial charge is 0.507 e. The summed E-state index contributed by atoms with van der Waals surface area (Å²) >= 11 is 0. The molecule has 8 nitrogen and oxygen atoms in total. The molecule has 9 heteroatoms. The van der Waals surface area contributed by atoms with Crippen molar-refractivity contribution in [3.8, 4) is 28.5 Å². The van der Waals surface area contributed by atoms with Gasteiger partial charge in [0.1, 0.15) is 18.2 Å². The third kappa shape index (κ3) is 3.94. The Morgan fingerprint density at radius 1 is 1.11 bits per heavy atom. The number of rotatable bonds is 5. The summed E-state index contributed by atoms with van der Waals surface area (Å²) in [4.78, 5) is 10.9. The lowest BCUT2D eigenvalue weighted by atomic mass is 9.54. The summed E-state index contributed by atoms with van der Waals surface area (Å²) in [7, 11) is 1.79. The van der Waals surface area contributed by atoms with Crippen molar-refractivity contribution < 1.29 is 9.50 Å². The van der Waals surface area contributed by atoms with E-state index in [1.165, 1.54) is 0 Å². The molecule has 3 aliphatic rings. The van der Waals surface area contributed by atoms with E-state index in [1.807, 2.05) is 6.07 Å². The summed E-state index contributed by atoms with van der Waals surface area (Å²) < 4.78 is 17.6. The van der Waals surface area contributed by atoms with Gasteiger partial charge in [-0.1, -0.05) is 26.3 Å². The third-order valence-electron chi connectivity index (χ3n) is 8.27. The molecule has 184 valence electrons. The maximum atomic E-state index is 16.0. The molecule has 0 amide bonds. The SMILES string of the molecule is Cn1cnc(-c2ccc(-c3ncc(N(C4CC4)[C@@H]4C[C@@]5(C)CCC[C@](C)(C5)[C@@H]4F)nn3)c(O)c2)n1. The van der Waals surface area contributed by atoms with Crippen LogP contribution in [0, 0.1) is 10.8 Å². The van der Waals surface area contributed by atoms with Gasteiger partial charge in [0.05, 0.1) is 17.8 Å². The first-order chi connectivity index (χ1) is 16.7. The summed E-state index contributed by atoms with van der Waals surface area (Å²) in [5.41, 5.74) is 1.08. The lowest BCUT2D eigenvalue weighted by Crippen LogP contribution is -2.58. The van der Waals surface area contributed by atoms with Crippen LogP contribution in [0.2, 0.25) is 0 Å². The summed E-state index contributed by atoms with van der Waals surface area (Å²) in [5.74, 6) is 1.53. The molecule has 0 spiro atoms. The Morgan fingerprint density at radius 2 is 1.94 bits per heavy atom. The molecular weight excluding hydrogens is 445 g/mol. The van der Waals surface area contributed by atoms with E-state index in [9.17, 15) is 5.11 Å². The van der Waals surface area contributed by atoms with Crippen LogP contribution in [0.25, 0.3) is 22.8 Å². The Kier molecular flexibility index (Phi) is 5.09. The van der Waals surface area contributed by atoms with Crippen LogP contribution in [0.15, 0.2) is 30.7 Å². The maximum Gasteiger partial charge on any atom is 0.185 e. The van der Waals surface area contributed by atoms with Crippen molar-refractivity contribution >= 4 is 5.82 Å². The fraction of sp³-hybridized carbons (Fsp3) is 0.577. The van der Waals surface area contributed by atoms with Crippen LogP contribution >= 0.6 is 0 Å². The van der Waals surface area contributed by atoms with Crippen molar-refractivity contribution in [3.05, 3.63) is 30.7 Å². The van der Waals surface area contributed by atoms with Crippen LogP contribution in [0.3, 0.4) is 0 Å². The minimum atomic E-state index is -0.894. The fourth-order valence-electron chi connectivity index (χ4n) is 6.62. The highest BCUT2D eigenvalue weighted by atomic mass is 19.1. The van der Waals surface area contributed by atoms with E-state index < -0.39 is 6.17 Å². The number of hydrogen-bond acceptors (Lipinski definition) is 7. The van der Waals surface area contributed by atoms with Gasteiger partial charge in [-0.3, -0.25) is 4.68 Å². The predicted molar refractivity (Wildman–Crippen MR) is 130 cm³/mol. The molecule has 0 saturated heterocycles. The number of aryl methyl sites for hydroxylation is 1. The van der Waals surface area contributed by atoms with E-state index in [-0.39, 0.29) is 22.6 Å². The summed E-state index contributed by atoms with van der Waals surface area (Å²) in [6, 6.07) is 5.28. The molecule has 3 fully saturated rings. The van der Waals surface area contributed by atoms with Gasteiger partial charge in [-0.2, -0.15) is 5.10 Å². The Morgan fingerprint density at radius 3 is 2.60 bits per heavy atom. The second kappa shape index (κ2) is 7.96. The summed E-state index contributed by atoms with van der Waals surface area (Å²) in [5, 5.41) is 23.8. The van der Waals surface area contributed by atoms with E-state index in [0.29, 0.717) is 34.6 Å². The smallest absolute Gasteiger partial charge is 0.185 e. The standard InChI is InChI=1S/C26H32FN7O/c1-25-9-4-10-26(2,14-25)22(27)19(12-25)34(17-6-7-17)21-13-28-24(31-30-21)18-8-5-16(11-20(18)35)23-29-15-33(3)32-23/h5,8,11,13,15,17,19,22,35H,4,6-7,9-10,12,14H2,1-3H3/t19-,22-,25-,26-/m1/s1. The van der Waals surface area contributed by atoms with Crippen LogP contribution in [-0.4, -0.2) is 53.3 Å². The molecule has 3 aromatic rings. The minimum absolute atomic E-state index is 0.0355. The average molecular weight is 478 g/mol. The lowest BCUT2D eigenvalue weighted by Gasteiger charge is -2.56. The second-order valence-electron chi connectivity index (χ2n) is 11.4. The number of anilines is 1. The van der Waals surface area contributed by atoms with Gasteiger partial charge in [-0.05, 0) is 56.1 Å². The fourth-order valence-corrected chi connectivity index (χ4v) is 6.62. The normalized spacial score (nSPS) is 30.3. The van der Waals surface area contributed by atoms with Crippen molar-refractivity contribution in [2.75, 3.05) is 4.90 Å². The van der Waals surface area contributed by atoms with Gasteiger partial charge < -0.3 is 10.0 Å². The van der Waals surface area contributed by atoms with E-state index in [4.69, 9.17) is 0 Å². The topological polar surface area (TPSA) is 92.9 Å². The van der Waals surface area contributed by atoms with Crippen LogP contribution in [0.5, 0.6) is 5.75 Å². The van der Waals surface area contributed by atoms with Gasteiger partial charge in [0, 0.05) is 24.1 Å². The zero-order valence-electron chi connectivity index (χ0n) is 20.5. The van der Waals surface area contributed by atoms with Crippen molar-refractivity contribution in [2.24, 2.45) is 17.9 Å².